The van der Waals surface area contributed by atoms with Gasteiger partial charge in [-0.25, -0.2) is 0 Å². The molecule has 2 aromatic carbocycles. The zero-order valence-corrected chi connectivity index (χ0v) is 18.4. The highest BCUT2D eigenvalue weighted by Gasteiger charge is 2.23. The number of rotatable bonds is 8. The van der Waals surface area contributed by atoms with Crippen LogP contribution in [0.25, 0.3) is 0 Å². The number of hydrogen-bond donors (Lipinski definition) is 2. The Morgan fingerprint density at radius 2 is 1.84 bits per heavy atom. The Morgan fingerprint density at radius 3 is 2.47 bits per heavy atom. The molecule has 0 saturated carbocycles. The van der Waals surface area contributed by atoms with Gasteiger partial charge in [-0.2, -0.15) is 0 Å². The minimum absolute atomic E-state index is 0.0684. The lowest BCUT2D eigenvalue weighted by atomic mass is 10.0. The molecule has 0 bridgehead atoms. The molecule has 1 aliphatic rings. The maximum atomic E-state index is 12.4. The second-order valence-electron chi connectivity index (χ2n) is 7.30. The third kappa shape index (κ3) is 5.85. The number of methoxy groups -OCH3 is 1. The van der Waals surface area contributed by atoms with E-state index in [9.17, 15) is 19.2 Å². The molecular formula is C23H24ClN3O5. The molecule has 2 N–H and O–H groups in total. The van der Waals surface area contributed by atoms with Crippen LogP contribution in [0, 0.1) is 0 Å². The normalized spacial score (nSPS) is 14.1. The van der Waals surface area contributed by atoms with Crippen molar-refractivity contribution in [1.29, 1.82) is 0 Å². The predicted molar refractivity (Wildman–Crippen MR) is 119 cm³/mol. The van der Waals surface area contributed by atoms with Gasteiger partial charge in [0.25, 0.3) is 5.91 Å². The first-order valence-electron chi connectivity index (χ1n) is 10.2. The zero-order valence-electron chi connectivity index (χ0n) is 17.6. The minimum atomic E-state index is -0.696. The van der Waals surface area contributed by atoms with E-state index in [1.807, 2.05) is 0 Å². The first-order valence-corrected chi connectivity index (χ1v) is 10.6. The lowest BCUT2D eigenvalue weighted by Crippen LogP contribution is -2.39. The van der Waals surface area contributed by atoms with Crippen molar-refractivity contribution in [2.45, 2.75) is 25.3 Å². The van der Waals surface area contributed by atoms with Gasteiger partial charge in [-0.1, -0.05) is 29.8 Å². The fraction of sp³-hybridized carbons (Fsp3) is 0.304. The molecule has 9 heteroatoms. The van der Waals surface area contributed by atoms with Crippen molar-refractivity contribution >= 4 is 41.0 Å². The molecule has 0 aliphatic carbocycles. The number of amides is 3. The first-order chi connectivity index (χ1) is 15.4. The van der Waals surface area contributed by atoms with E-state index in [4.69, 9.17) is 16.3 Å². The molecule has 2 aromatic rings. The summed E-state index contributed by atoms with van der Waals surface area (Å²) in [7, 11) is 1.26. The van der Waals surface area contributed by atoms with Crippen LogP contribution < -0.4 is 15.5 Å². The van der Waals surface area contributed by atoms with Crippen molar-refractivity contribution in [3.05, 3.63) is 64.7 Å². The molecular weight excluding hydrogens is 434 g/mol. The Hall–Kier alpha value is -3.39. The van der Waals surface area contributed by atoms with Gasteiger partial charge in [-0.3, -0.25) is 19.2 Å². The molecule has 32 heavy (non-hydrogen) atoms. The Kier molecular flexibility index (Phi) is 7.83. The first kappa shape index (κ1) is 23.3. The number of carbonyl (C=O) groups excluding carboxylic acids is 4. The van der Waals surface area contributed by atoms with Crippen molar-refractivity contribution in [1.82, 2.24) is 10.6 Å². The number of benzene rings is 2. The van der Waals surface area contributed by atoms with Crippen molar-refractivity contribution in [3.8, 4) is 0 Å². The van der Waals surface area contributed by atoms with Crippen molar-refractivity contribution in [3.63, 3.8) is 0 Å². The van der Waals surface area contributed by atoms with E-state index in [2.05, 4.69) is 10.6 Å². The summed E-state index contributed by atoms with van der Waals surface area (Å²) in [6.07, 6.45) is 1.25. The molecule has 1 saturated heterocycles. The Morgan fingerprint density at radius 1 is 1.12 bits per heavy atom. The molecule has 0 spiro atoms. The van der Waals surface area contributed by atoms with Crippen molar-refractivity contribution in [2.75, 3.05) is 25.1 Å². The number of nitrogens with zero attached hydrogens (tertiary/aromatic N) is 1. The van der Waals surface area contributed by atoms with Gasteiger partial charge < -0.3 is 20.3 Å². The zero-order chi connectivity index (χ0) is 23.1. The van der Waals surface area contributed by atoms with Crippen LogP contribution in [0.15, 0.2) is 48.5 Å². The maximum absolute atomic E-state index is 12.4. The van der Waals surface area contributed by atoms with Gasteiger partial charge in [0, 0.05) is 29.2 Å². The van der Waals surface area contributed by atoms with Gasteiger partial charge >= 0.3 is 5.97 Å². The molecule has 3 rings (SSSR count). The highest BCUT2D eigenvalue weighted by Crippen LogP contribution is 2.25. The Balaban J connectivity index is 1.58. The third-order valence-corrected chi connectivity index (χ3v) is 5.48. The molecule has 0 aromatic heterocycles. The smallest absolute Gasteiger partial charge is 0.307 e. The molecule has 1 aliphatic heterocycles. The molecule has 0 radical (unpaired) electrons. The summed E-state index contributed by atoms with van der Waals surface area (Å²) in [5.41, 5.74) is 1.68. The molecule has 1 heterocycles. The second-order valence-corrected chi connectivity index (χ2v) is 7.71. The van der Waals surface area contributed by atoms with Gasteiger partial charge in [0.1, 0.15) is 0 Å². The minimum Gasteiger partial charge on any atom is -0.469 e. The third-order valence-electron chi connectivity index (χ3n) is 5.14. The highest BCUT2D eigenvalue weighted by atomic mass is 35.5. The number of halogens is 1. The number of ether oxygens (including phenoxy) is 1. The molecule has 3 amide bonds. The van der Waals surface area contributed by atoms with Crippen LogP contribution >= 0.6 is 11.6 Å². The number of hydrogen-bond acceptors (Lipinski definition) is 5. The topological polar surface area (TPSA) is 105 Å². The second kappa shape index (κ2) is 10.8. The van der Waals surface area contributed by atoms with Gasteiger partial charge in [0.05, 0.1) is 26.1 Å². The summed E-state index contributed by atoms with van der Waals surface area (Å²) in [4.78, 5) is 50.1. The van der Waals surface area contributed by atoms with Crippen LogP contribution in [0.2, 0.25) is 5.02 Å². The van der Waals surface area contributed by atoms with E-state index in [0.717, 1.165) is 12.1 Å². The lowest BCUT2D eigenvalue weighted by molar-refractivity contribution is -0.141. The van der Waals surface area contributed by atoms with Gasteiger partial charge in [0.15, 0.2) is 0 Å². The number of esters is 1. The average Bonchev–Trinajstić information content (AvgIpc) is 3.23. The van der Waals surface area contributed by atoms with Crippen LogP contribution in [0.5, 0.6) is 0 Å². The van der Waals surface area contributed by atoms with Gasteiger partial charge in [-0.05, 0) is 42.3 Å². The lowest BCUT2D eigenvalue weighted by Gasteiger charge is -2.19. The predicted octanol–water partition coefficient (Wildman–Crippen LogP) is 2.62. The van der Waals surface area contributed by atoms with Gasteiger partial charge in [-0.15, -0.1) is 0 Å². The summed E-state index contributed by atoms with van der Waals surface area (Å²) >= 11 is 6.21. The summed E-state index contributed by atoms with van der Waals surface area (Å²) in [6.45, 7) is 0.385. The molecule has 1 atom stereocenters. The highest BCUT2D eigenvalue weighted by molar-refractivity contribution is 6.31. The van der Waals surface area contributed by atoms with Crippen LogP contribution in [-0.2, 0) is 19.1 Å². The van der Waals surface area contributed by atoms with E-state index in [-0.39, 0.29) is 18.9 Å². The van der Waals surface area contributed by atoms with E-state index in [1.165, 1.54) is 7.11 Å². The van der Waals surface area contributed by atoms with Gasteiger partial charge in [0.2, 0.25) is 11.8 Å². The summed E-state index contributed by atoms with van der Waals surface area (Å²) in [5.74, 6) is -1.34. The van der Waals surface area contributed by atoms with E-state index < -0.39 is 23.8 Å². The molecule has 1 fully saturated rings. The maximum Gasteiger partial charge on any atom is 0.307 e. The van der Waals surface area contributed by atoms with Crippen LogP contribution in [0.1, 0.15) is 41.2 Å². The monoisotopic (exact) mass is 457 g/mol. The summed E-state index contributed by atoms with van der Waals surface area (Å²) in [6, 6.07) is 12.8. The van der Waals surface area contributed by atoms with Crippen LogP contribution in [0.3, 0.4) is 0 Å². The summed E-state index contributed by atoms with van der Waals surface area (Å²) < 4.78 is 4.71. The SMILES string of the molecule is COC(=O)CC(NC(=O)CNC(=O)c1ccc(N2CCCC2=O)cc1)c1ccccc1Cl. The Labute approximate surface area is 190 Å². The Bertz CT molecular complexity index is 1010. The number of anilines is 1. The fourth-order valence-electron chi connectivity index (χ4n) is 3.47. The molecule has 8 nitrogen and oxygen atoms in total. The summed E-state index contributed by atoms with van der Waals surface area (Å²) in [5, 5.41) is 5.67. The van der Waals surface area contributed by atoms with Crippen LogP contribution in [-0.4, -0.2) is 43.9 Å². The number of nitrogens with one attached hydrogen (secondary N) is 2. The largest absolute Gasteiger partial charge is 0.469 e. The molecule has 168 valence electrons. The standard InChI is InChI=1S/C23H24ClN3O5/c1-32-22(30)13-19(17-5-2-3-6-18(17)24)26-20(28)14-25-23(31)15-8-10-16(11-9-15)27-12-4-7-21(27)29/h2-3,5-6,8-11,19H,4,7,12-14H2,1H3,(H,25,31)(H,26,28). The van der Waals surface area contributed by atoms with E-state index in [0.29, 0.717) is 29.1 Å². The van der Waals surface area contributed by atoms with Crippen molar-refractivity contribution in [2.24, 2.45) is 0 Å². The van der Waals surface area contributed by atoms with E-state index in [1.54, 1.807) is 53.4 Å². The quantitative estimate of drug-likeness (QED) is 0.593. The number of carbonyl (C=O) groups is 4. The van der Waals surface area contributed by atoms with Crippen molar-refractivity contribution < 1.29 is 23.9 Å². The van der Waals surface area contributed by atoms with E-state index >= 15 is 0 Å². The van der Waals surface area contributed by atoms with Crippen LogP contribution in [0.4, 0.5) is 5.69 Å². The average molecular weight is 458 g/mol. The fourth-order valence-corrected chi connectivity index (χ4v) is 3.74. The molecule has 1 unspecified atom stereocenters.